The molecule has 0 radical (unpaired) electrons. The summed E-state index contributed by atoms with van der Waals surface area (Å²) in [6.07, 6.45) is 3.50. The molecule has 0 aliphatic carbocycles. The maximum Gasteiger partial charge on any atom is -0.0219 e. The van der Waals surface area contributed by atoms with Gasteiger partial charge in [-0.3, -0.25) is 0 Å². The van der Waals surface area contributed by atoms with Gasteiger partial charge in [-0.2, -0.15) is 0 Å². The van der Waals surface area contributed by atoms with Crippen molar-refractivity contribution in [1.82, 2.24) is 0 Å². The third kappa shape index (κ3) is 2.62. The Bertz CT molecular complexity index is 296. The topological polar surface area (TPSA) is 0 Å². The van der Waals surface area contributed by atoms with Crippen molar-refractivity contribution in [3.8, 4) is 0 Å². The van der Waals surface area contributed by atoms with Gasteiger partial charge in [0.2, 0.25) is 0 Å². The monoisotopic (exact) mass is 204 g/mol. The van der Waals surface area contributed by atoms with Crippen molar-refractivity contribution < 1.29 is 0 Å². The molecular weight excluding hydrogens is 180 g/mol. The highest BCUT2D eigenvalue weighted by molar-refractivity contribution is 5.40. The van der Waals surface area contributed by atoms with E-state index in [9.17, 15) is 0 Å². The van der Waals surface area contributed by atoms with Crippen LogP contribution in [0.1, 0.15) is 62.8 Å². The van der Waals surface area contributed by atoms with Gasteiger partial charge in [0.1, 0.15) is 0 Å². The fourth-order valence-corrected chi connectivity index (χ4v) is 2.24. The molecule has 0 N–H and O–H groups in total. The molecule has 0 heteroatoms. The lowest BCUT2D eigenvalue weighted by Gasteiger charge is -2.16. The molecule has 1 aromatic carbocycles. The summed E-state index contributed by atoms with van der Waals surface area (Å²) in [6, 6.07) is 4.81. The first kappa shape index (κ1) is 12.3. The van der Waals surface area contributed by atoms with Crippen molar-refractivity contribution in [2.45, 2.75) is 59.8 Å². The molecule has 0 aromatic heterocycles. The Kier molecular flexibility index (Phi) is 4.38. The lowest BCUT2D eigenvalue weighted by molar-refractivity contribution is 0.850. The molecule has 0 amide bonds. The largest absolute Gasteiger partial charge is 0.0613 e. The zero-order valence-electron chi connectivity index (χ0n) is 10.9. The Labute approximate surface area is 94.7 Å². The molecule has 0 aliphatic heterocycles. The molecule has 0 fully saturated rings. The molecule has 0 saturated heterocycles. The summed E-state index contributed by atoms with van der Waals surface area (Å²) in [4.78, 5) is 0. The van der Waals surface area contributed by atoms with Crippen molar-refractivity contribution in [1.29, 1.82) is 0 Å². The van der Waals surface area contributed by atoms with Crippen molar-refractivity contribution in [2.75, 3.05) is 0 Å². The SMILES string of the molecule is CCc1cc(C(C)C)cc(CC)c1CC. The highest BCUT2D eigenvalue weighted by Crippen LogP contribution is 2.24. The molecule has 0 aliphatic rings. The Morgan fingerprint density at radius 3 is 1.60 bits per heavy atom. The fourth-order valence-electron chi connectivity index (χ4n) is 2.24. The molecule has 0 spiro atoms. The van der Waals surface area contributed by atoms with Crippen molar-refractivity contribution in [2.24, 2.45) is 0 Å². The van der Waals surface area contributed by atoms with Crippen molar-refractivity contribution in [3.63, 3.8) is 0 Å². The van der Waals surface area contributed by atoms with Crippen LogP contribution in [0, 0.1) is 0 Å². The molecule has 84 valence electrons. The van der Waals surface area contributed by atoms with Gasteiger partial charge in [-0.1, -0.05) is 46.8 Å². The molecule has 1 rings (SSSR count). The van der Waals surface area contributed by atoms with E-state index >= 15 is 0 Å². The molecule has 1 aromatic rings. The van der Waals surface area contributed by atoms with Gasteiger partial charge < -0.3 is 0 Å². The van der Waals surface area contributed by atoms with Gasteiger partial charge in [0.15, 0.2) is 0 Å². The van der Waals surface area contributed by atoms with Crippen LogP contribution in [0.5, 0.6) is 0 Å². The van der Waals surface area contributed by atoms with E-state index in [2.05, 4.69) is 46.8 Å². The number of aryl methyl sites for hydroxylation is 2. The lowest BCUT2D eigenvalue weighted by atomic mass is 9.89. The molecule has 0 bridgehead atoms. The summed E-state index contributed by atoms with van der Waals surface area (Å²) >= 11 is 0. The average Bonchev–Trinajstić information content (AvgIpc) is 2.26. The zero-order chi connectivity index (χ0) is 11.4. The summed E-state index contributed by atoms with van der Waals surface area (Å²) in [5, 5.41) is 0. The number of hydrogen-bond donors (Lipinski definition) is 0. The smallest absolute Gasteiger partial charge is 0.0219 e. The second kappa shape index (κ2) is 5.34. The second-order valence-corrected chi connectivity index (χ2v) is 4.53. The minimum atomic E-state index is 0.645. The summed E-state index contributed by atoms with van der Waals surface area (Å²) in [5.41, 5.74) is 6.20. The van der Waals surface area contributed by atoms with Gasteiger partial charge in [0.05, 0.1) is 0 Å². The number of rotatable bonds is 4. The first-order valence-corrected chi connectivity index (χ1v) is 6.28. The normalized spacial score (nSPS) is 11.1. The van der Waals surface area contributed by atoms with Crippen LogP contribution < -0.4 is 0 Å². The van der Waals surface area contributed by atoms with Crippen LogP contribution in [0.2, 0.25) is 0 Å². The van der Waals surface area contributed by atoms with Crippen LogP contribution >= 0.6 is 0 Å². The van der Waals surface area contributed by atoms with Crippen LogP contribution in [0.15, 0.2) is 12.1 Å². The summed E-state index contributed by atoms with van der Waals surface area (Å²) in [7, 11) is 0. The van der Waals surface area contributed by atoms with E-state index in [1.807, 2.05) is 0 Å². The van der Waals surface area contributed by atoms with E-state index in [-0.39, 0.29) is 0 Å². The molecule has 0 unspecified atom stereocenters. The molecule has 0 nitrogen and oxygen atoms in total. The first-order valence-electron chi connectivity index (χ1n) is 6.28. The van der Waals surface area contributed by atoms with Crippen molar-refractivity contribution >= 4 is 0 Å². The van der Waals surface area contributed by atoms with Gasteiger partial charge in [-0.05, 0) is 47.4 Å². The second-order valence-electron chi connectivity index (χ2n) is 4.53. The quantitative estimate of drug-likeness (QED) is 0.677. The first-order chi connectivity index (χ1) is 7.13. The van der Waals surface area contributed by atoms with E-state index in [1.165, 1.54) is 12.0 Å². The lowest BCUT2D eigenvalue weighted by Crippen LogP contribution is -2.01. The van der Waals surface area contributed by atoms with E-state index in [0.29, 0.717) is 5.92 Å². The van der Waals surface area contributed by atoms with Gasteiger partial charge >= 0.3 is 0 Å². The van der Waals surface area contributed by atoms with Crippen LogP contribution in [-0.2, 0) is 19.3 Å². The predicted octanol–water partition coefficient (Wildman–Crippen LogP) is 4.50. The highest BCUT2D eigenvalue weighted by Gasteiger charge is 2.08. The summed E-state index contributed by atoms with van der Waals surface area (Å²) in [6.45, 7) is 11.3. The summed E-state index contributed by atoms with van der Waals surface area (Å²) < 4.78 is 0. The van der Waals surface area contributed by atoms with Gasteiger partial charge in [-0.15, -0.1) is 0 Å². The van der Waals surface area contributed by atoms with Gasteiger partial charge in [0, 0.05) is 0 Å². The minimum absolute atomic E-state index is 0.645. The Balaban J connectivity index is 3.29. The summed E-state index contributed by atoms with van der Waals surface area (Å²) in [5.74, 6) is 0.645. The molecule has 0 heterocycles. The zero-order valence-corrected chi connectivity index (χ0v) is 10.9. The molecular formula is C15H24. The van der Waals surface area contributed by atoms with E-state index in [1.54, 1.807) is 16.7 Å². The Morgan fingerprint density at radius 1 is 0.867 bits per heavy atom. The average molecular weight is 204 g/mol. The molecule has 0 atom stereocenters. The Morgan fingerprint density at radius 2 is 1.33 bits per heavy atom. The van der Waals surface area contributed by atoms with E-state index in [4.69, 9.17) is 0 Å². The van der Waals surface area contributed by atoms with Crippen LogP contribution in [-0.4, -0.2) is 0 Å². The Hall–Kier alpha value is -0.780. The maximum atomic E-state index is 2.41. The van der Waals surface area contributed by atoms with Crippen LogP contribution in [0.3, 0.4) is 0 Å². The van der Waals surface area contributed by atoms with Crippen LogP contribution in [0.4, 0.5) is 0 Å². The van der Waals surface area contributed by atoms with Crippen LogP contribution in [0.25, 0.3) is 0 Å². The molecule has 15 heavy (non-hydrogen) atoms. The number of hydrogen-bond acceptors (Lipinski definition) is 0. The minimum Gasteiger partial charge on any atom is -0.0613 e. The van der Waals surface area contributed by atoms with Gasteiger partial charge in [0.25, 0.3) is 0 Å². The predicted molar refractivity (Wildman–Crippen MR) is 68.7 cm³/mol. The van der Waals surface area contributed by atoms with Crippen molar-refractivity contribution in [3.05, 3.63) is 34.4 Å². The number of benzene rings is 1. The fraction of sp³-hybridized carbons (Fsp3) is 0.600. The third-order valence-electron chi connectivity index (χ3n) is 3.24. The van der Waals surface area contributed by atoms with E-state index in [0.717, 1.165) is 12.8 Å². The van der Waals surface area contributed by atoms with E-state index < -0.39 is 0 Å². The maximum absolute atomic E-state index is 2.41. The van der Waals surface area contributed by atoms with Gasteiger partial charge in [-0.25, -0.2) is 0 Å². The molecule has 0 saturated carbocycles. The standard InChI is InChI=1S/C15H24/c1-6-12-9-14(11(4)5)10-13(7-2)15(12)8-3/h9-11H,6-8H2,1-5H3. The third-order valence-corrected chi connectivity index (χ3v) is 3.24. The highest BCUT2D eigenvalue weighted by atomic mass is 14.1.